The van der Waals surface area contributed by atoms with Crippen LogP contribution < -0.4 is 0 Å². The zero-order valence-electron chi connectivity index (χ0n) is 17.1. The van der Waals surface area contributed by atoms with Crippen LogP contribution in [-0.4, -0.2) is 34.0 Å². The molecule has 0 aliphatic carbocycles. The molecular weight excluding hydrogens is 369 g/mol. The molecule has 0 fully saturated rings. The second-order valence-electron chi connectivity index (χ2n) is 7.66. The lowest BCUT2D eigenvalue weighted by molar-refractivity contribution is -0.131. The standard InChI is InChI=1S/C23H26FN3O2/c1-16(2)15-27(22(28)14-18-6-10-20(24)11-7-18)13-12-21-25-23(26-29-21)19-8-4-17(3)5-9-19/h4-11,16H,12-15H2,1-3H3. The maximum Gasteiger partial charge on any atom is 0.228 e. The average Bonchev–Trinajstić information content (AvgIpc) is 3.16. The molecule has 29 heavy (non-hydrogen) atoms. The Bertz CT molecular complexity index is 934. The smallest absolute Gasteiger partial charge is 0.228 e. The monoisotopic (exact) mass is 395 g/mol. The lowest BCUT2D eigenvalue weighted by atomic mass is 10.1. The Morgan fingerprint density at radius 2 is 1.79 bits per heavy atom. The molecule has 0 radical (unpaired) electrons. The van der Waals surface area contributed by atoms with Gasteiger partial charge in [-0.1, -0.05) is 61.0 Å². The number of aryl methyl sites for hydroxylation is 1. The van der Waals surface area contributed by atoms with Gasteiger partial charge in [0.05, 0.1) is 6.42 Å². The Morgan fingerprint density at radius 1 is 1.10 bits per heavy atom. The molecule has 3 aromatic rings. The Labute approximate surface area is 170 Å². The van der Waals surface area contributed by atoms with Gasteiger partial charge in [0, 0.05) is 25.1 Å². The van der Waals surface area contributed by atoms with Gasteiger partial charge in [0.25, 0.3) is 0 Å². The van der Waals surface area contributed by atoms with Crippen molar-refractivity contribution in [2.45, 2.75) is 33.6 Å². The fraction of sp³-hybridized carbons (Fsp3) is 0.348. The van der Waals surface area contributed by atoms with E-state index in [2.05, 4.69) is 24.0 Å². The zero-order valence-corrected chi connectivity index (χ0v) is 17.1. The fourth-order valence-electron chi connectivity index (χ4n) is 3.05. The second-order valence-corrected chi connectivity index (χ2v) is 7.66. The number of hydrogen-bond acceptors (Lipinski definition) is 4. The average molecular weight is 395 g/mol. The molecular formula is C23H26FN3O2. The number of carbonyl (C=O) groups is 1. The first-order valence-corrected chi connectivity index (χ1v) is 9.82. The minimum atomic E-state index is -0.305. The summed E-state index contributed by atoms with van der Waals surface area (Å²) in [5.74, 6) is 1.08. The van der Waals surface area contributed by atoms with Gasteiger partial charge in [0.15, 0.2) is 0 Å². The van der Waals surface area contributed by atoms with E-state index in [1.807, 2.05) is 36.1 Å². The normalized spacial score (nSPS) is 11.1. The van der Waals surface area contributed by atoms with Crippen LogP contribution in [0.5, 0.6) is 0 Å². The summed E-state index contributed by atoms with van der Waals surface area (Å²) >= 11 is 0. The first-order chi connectivity index (χ1) is 13.9. The highest BCUT2D eigenvalue weighted by molar-refractivity contribution is 5.78. The molecule has 0 spiro atoms. The van der Waals surface area contributed by atoms with Crippen LogP contribution in [0, 0.1) is 18.7 Å². The number of hydrogen-bond donors (Lipinski definition) is 0. The Kier molecular flexibility index (Phi) is 6.75. The fourth-order valence-corrected chi connectivity index (χ4v) is 3.05. The van der Waals surface area contributed by atoms with E-state index in [-0.39, 0.29) is 18.1 Å². The summed E-state index contributed by atoms with van der Waals surface area (Å²) in [6, 6.07) is 14.0. The Morgan fingerprint density at radius 3 is 2.45 bits per heavy atom. The number of rotatable bonds is 8. The zero-order chi connectivity index (χ0) is 20.8. The number of carbonyl (C=O) groups excluding carboxylic acids is 1. The van der Waals surface area contributed by atoms with Crippen LogP contribution in [0.25, 0.3) is 11.4 Å². The van der Waals surface area contributed by atoms with Gasteiger partial charge in [0.2, 0.25) is 17.6 Å². The maximum atomic E-state index is 13.1. The summed E-state index contributed by atoms with van der Waals surface area (Å²) in [5.41, 5.74) is 2.86. The molecule has 6 heteroatoms. The second kappa shape index (κ2) is 9.45. The van der Waals surface area contributed by atoms with Gasteiger partial charge < -0.3 is 9.42 Å². The number of aromatic nitrogens is 2. The van der Waals surface area contributed by atoms with Crippen molar-refractivity contribution in [1.29, 1.82) is 0 Å². The van der Waals surface area contributed by atoms with Crippen LogP contribution in [0.3, 0.4) is 0 Å². The molecule has 0 N–H and O–H groups in total. The molecule has 0 unspecified atom stereocenters. The minimum absolute atomic E-state index is 0.00332. The van der Waals surface area contributed by atoms with Gasteiger partial charge in [0.1, 0.15) is 5.82 Å². The Balaban J connectivity index is 1.63. The summed E-state index contributed by atoms with van der Waals surface area (Å²) in [7, 11) is 0. The van der Waals surface area contributed by atoms with Gasteiger partial charge in [-0.05, 0) is 30.5 Å². The van der Waals surface area contributed by atoms with Crippen LogP contribution in [0.4, 0.5) is 4.39 Å². The predicted molar refractivity (Wildman–Crippen MR) is 110 cm³/mol. The first kappa shape index (κ1) is 20.7. The van der Waals surface area contributed by atoms with Gasteiger partial charge in [-0.2, -0.15) is 4.98 Å². The van der Waals surface area contributed by atoms with Crippen molar-refractivity contribution >= 4 is 5.91 Å². The summed E-state index contributed by atoms with van der Waals surface area (Å²) in [5, 5.41) is 4.05. The topological polar surface area (TPSA) is 59.2 Å². The van der Waals surface area contributed by atoms with E-state index < -0.39 is 0 Å². The molecule has 5 nitrogen and oxygen atoms in total. The largest absolute Gasteiger partial charge is 0.342 e. The summed E-state index contributed by atoms with van der Waals surface area (Å²) in [6.45, 7) is 7.30. The third-order valence-electron chi connectivity index (χ3n) is 4.58. The summed E-state index contributed by atoms with van der Waals surface area (Å²) < 4.78 is 18.5. The maximum absolute atomic E-state index is 13.1. The molecule has 0 atom stereocenters. The van der Waals surface area contributed by atoms with Crippen LogP contribution in [0.2, 0.25) is 0 Å². The van der Waals surface area contributed by atoms with E-state index in [4.69, 9.17) is 4.52 Å². The summed E-state index contributed by atoms with van der Waals surface area (Å²) in [4.78, 5) is 19.0. The van der Waals surface area contributed by atoms with Crippen molar-refractivity contribution in [2.24, 2.45) is 5.92 Å². The molecule has 0 aliphatic rings. The molecule has 0 saturated heterocycles. The first-order valence-electron chi connectivity index (χ1n) is 9.82. The van der Waals surface area contributed by atoms with Crippen molar-refractivity contribution < 1.29 is 13.7 Å². The SMILES string of the molecule is Cc1ccc(-c2noc(CCN(CC(C)C)C(=O)Cc3ccc(F)cc3)n2)cc1. The van der Waals surface area contributed by atoms with Crippen molar-refractivity contribution in [3.05, 3.63) is 71.4 Å². The van der Waals surface area contributed by atoms with Crippen molar-refractivity contribution in [2.75, 3.05) is 13.1 Å². The van der Waals surface area contributed by atoms with Crippen LogP contribution in [-0.2, 0) is 17.6 Å². The van der Waals surface area contributed by atoms with Gasteiger partial charge >= 0.3 is 0 Å². The van der Waals surface area contributed by atoms with Crippen molar-refractivity contribution in [1.82, 2.24) is 15.0 Å². The van der Waals surface area contributed by atoms with Crippen molar-refractivity contribution in [3.8, 4) is 11.4 Å². The van der Waals surface area contributed by atoms with Crippen molar-refractivity contribution in [3.63, 3.8) is 0 Å². The number of amides is 1. The number of halogens is 1. The van der Waals surface area contributed by atoms with Gasteiger partial charge in [-0.15, -0.1) is 0 Å². The van der Waals surface area contributed by atoms with E-state index in [1.54, 1.807) is 12.1 Å². The van der Waals surface area contributed by atoms with Crippen LogP contribution in [0.15, 0.2) is 53.1 Å². The van der Waals surface area contributed by atoms with Gasteiger partial charge in [-0.3, -0.25) is 4.79 Å². The van der Waals surface area contributed by atoms with E-state index in [0.29, 0.717) is 37.1 Å². The molecule has 0 bridgehead atoms. The molecule has 1 amide bonds. The quantitative estimate of drug-likeness (QED) is 0.565. The lowest BCUT2D eigenvalue weighted by Crippen LogP contribution is -2.37. The molecule has 0 saturated carbocycles. The van der Waals surface area contributed by atoms with E-state index in [9.17, 15) is 9.18 Å². The Hall–Kier alpha value is -3.02. The predicted octanol–water partition coefficient (Wildman–Crippen LogP) is 4.45. The highest BCUT2D eigenvalue weighted by Gasteiger charge is 2.17. The molecule has 1 aromatic heterocycles. The number of nitrogens with zero attached hydrogens (tertiary/aromatic N) is 3. The van der Waals surface area contributed by atoms with Crippen LogP contribution in [0.1, 0.15) is 30.9 Å². The minimum Gasteiger partial charge on any atom is -0.342 e. The third kappa shape index (κ3) is 5.98. The molecule has 1 heterocycles. The lowest BCUT2D eigenvalue weighted by Gasteiger charge is -2.24. The highest BCUT2D eigenvalue weighted by Crippen LogP contribution is 2.17. The van der Waals surface area contributed by atoms with E-state index in [0.717, 1.165) is 11.1 Å². The van der Waals surface area contributed by atoms with Crippen LogP contribution >= 0.6 is 0 Å². The third-order valence-corrected chi connectivity index (χ3v) is 4.58. The molecule has 3 rings (SSSR count). The van der Waals surface area contributed by atoms with Gasteiger partial charge in [-0.25, -0.2) is 4.39 Å². The summed E-state index contributed by atoms with van der Waals surface area (Å²) in [6.07, 6.45) is 0.728. The van der Waals surface area contributed by atoms with E-state index >= 15 is 0 Å². The highest BCUT2D eigenvalue weighted by atomic mass is 19.1. The molecule has 0 aliphatic heterocycles. The molecule has 152 valence electrons. The number of benzene rings is 2. The molecule has 2 aromatic carbocycles. The van der Waals surface area contributed by atoms with E-state index in [1.165, 1.54) is 17.7 Å².